The average Bonchev–Trinajstić information content (AvgIpc) is 2.71. The zero-order valence-electron chi connectivity index (χ0n) is 15.5. The molecule has 1 heterocycles. The third-order valence-electron chi connectivity index (χ3n) is 4.76. The average molecular weight is 461 g/mol. The van der Waals surface area contributed by atoms with Crippen LogP contribution in [0.25, 0.3) is 0 Å². The summed E-state index contributed by atoms with van der Waals surface area (Å²) in [5.41, 5.74) is 0.576. The summed E-state index contributed by atoms with van der Waals surface area (Å²) >= 11 is 12.0. The van der Waals surface area contributed by atoms with Gasteiger partial charge in [0.1, 0.15) is 16.8 Å². The fourth-order valence-corrected chi connectivity index (χ4v) is 5.43. The van der Waals surface area contributed by atoms with Crippen LogP contribution in [-0.2, 0) is 19.6 Å². The van der Waals surface area contributed by atoms with E-state index in [1.54, 1.807) is 0 Å². The van der Waals surface area contributed by atoms with Crippen molar-refractivity contribution in [1.82, 2.24) is 9.21 Å². The maximum Gasteiger partial charge on any atom is 0.327 e. The highest BCUT2D eigenvalue weighted by molar-refractivity contribution is 7.89. The third-order valence-corrected chi connectivity index (χ3v) is 7.37. The molecule has 1 aliphatic heterocycles. The number of sulfonamides is 1. The number of carbonyl (C=O) groups is 1. The van der Waals surface area contributed by atoms with Crippen molar-refractivity contribution >= 4 is 39.2 Å². The number of hydrogen-bond donors (Lipinski definition) is 0. The summed E-state index contributed by atoms with van der Waals surface area (Å²) in [6, 6.07) is 9.11. The number of methoxy groups -OCH3 is 1. The van der Waals surface area contributed by atoms with Crippen LogP contribution in [0.2, 0.25) is 10.0 Å². The number of benzene rings is 2. The summed E-state index contributed by atoms with van der Waals surface area (Å²) in [5.74, 6) is -0.905. The minimum Gasteiger partial charge on any atom is -0.468 e. The summed E-state index contributed by atoms with van der Waals surface area (Å²) in [6.07, 6.45) is 0. The molecular formula is C19H19Cl2FN2O4S. The zero-order chi connectivity index (χ0) is 21.2. The molecule has 0 bridgehead atoms. The number of halogens is 3. The van der Waals surface area contributed by atoms with Crippen molar-refractivity contribution in [2.75, 3.05) is 33.3 Å². The lowest BCUT2D eigenvalue weighted by Crippen LogP contribution is -2.51. The molecule has 1 saturated heterocycles. The predicted octanol–water partition coefficient (Wildman–Crippen LogP) is 3.35. The number of ether oxygens (including phenoxy) is 1. The van der Waals surface area contributed by atoms with Gasteiger partial charge in [-0.1, -0.05) is 35.3 Å². The van der Waals surface area contributed by atoms with E-state index in [-0.39, 0.29) is 41.1 Å². The van der Waals surface area contributed by atoms with Gasteiger partial charge in [-0.3, -0.25) is 4.90 Å². The van der Waals surface area contributed by atoms with Crippen LogP contribution in [0.15, 0.2) is 47.4 Å². The zero-order valence-corrected chi connectivity index (χ0v) is 17.8. The monoisotopic (exact) mass is 460 g/mol. The smallest absolute Gasteiger partial charge is 0.327 e. The van der Waals surface area contributed by atoms with E-state index in [0.29, 0.717) is 5.56 Å². The van der Waals surface area contributed by atoms with Gasteiger partial charge in [-0.15, -0.1) is 0 Å². The Kier molecular flexibility index (Phi) is 6.80. The van der Waals surface area contributed by atoms with Gasteiger partial charge in [-0.25, -0.2) is 17.6 Å². The first-order valence-electron chi connectivity index (χ1n) is 8.76. The molecule has 6 nitrogen and oxygen atoms in total. The molecule has 0 aromatic heterocycles. The lowest BCUT2D eigenvalue weighted by atomic mass is 10.0. The minimum absolute atomic E-state index is 0.0526. The third kappa shape index (κ3) is 4.73. The lowest BCUT2D eigenvalue weighted by Gasteiger charge is -2.37. The van der Waals surface area contributed by atoms with E-state index >= 15 is 0 Å². The second-order valence-corrected chi connectivity index (χ2v) is 9.24. The molecule has 1 unspecified atom stereocenters. The minimum atomic E-state index is -3.84. The number of piperazine rings is 1. The Bertz CT molecular complexity index is 994. The predicted molar refractivity (Wildman–Crippen MR) is 108 cm³/mol. The number of carbonyl (C=O) groups excluding carboxylic acids is 1. The number of esters is 1. The molecule has 29 heavy (non-hydrogen) atoms. The summed E-state index contributed by atoms with van der Waals surface area (Å²) in [4.78, 5) is 14.1. The molecule has 0 N–H and O–H groups in total. The fraction of sp³-hybridized carbons (Fsp3) is 0.316. The highest BCUT2D eigenvalue weighted by Crippen LogP contribution is 2.30. The first-order chi connectivity index (χ1) is 13.7. The molecular weight excluding hydrogens is 442 g/mol. The van der Waals surface area contributed by atoms with E-state index in [1.807, 2.05) is 4.90 Å². The summed E-state index contributed by atoms with van der Waals surface area (Å²) in [5, 5.41) is 0.365. The van der Waals surface area contributed by atoms with Gasteiger partial charge in [0.05, 0.1) is 12.1 Å². The number of hydrogen-bond acceptors (Lipinski definition) is 5. The van der Waals surface area contributed by atoms with Crippen LogP contribution in [0.5, 0.6) is 0 Å². The summed E-state index contributed by atoms with van der Waals surface area (Å²) < 4.78 is 45.4. The van der Waals surface area contributed by atoms with Gasteiger partial charge in [-0.2, -0.15) is 4.31 Å². The van der Waals surface area contributed by atoms with E-state index in [4.69, 9.17) is 27.9 Å². The van der Waals surface area contributed by atoms with Gasteiger partial charge in [0.2, 0.25) is 10.0 Å². The maximum absolute atomic E-state index is 13.3. The van der Waals surface area contributed by atoms with Crippen molar-refractivity contribution in [2.24, 2.45) is 0 Å². The van der Waals surface area contributed by atoms with Crippen LogP contribution < -0.4 is 0 Å². The second kappa shape index (κ2) is 8.97. The fourth-order valence-electron chi connectivity index (χ4n) is 3.27. The standard InChI is InChI=1S/C19H19Cl2FN2O4S/c1-28-19(25)18(13-2-5-15(22)6-3-13)23-8-10-24(11-9-23)29(26,27)17-12-14(20)4-7-16(17)21/h2-7,12,18H,8-11H2,1H3. The van der Waals surface area contributed by atoms with Gasteiger partial charge in [-0.05, 0) is 35.9 Å². The molecule has 2 aromatic rings. The SMILES string of the molecule is COC(=O)C(c1ccc(F)cc1)N1CCN(S(=O)(=O)c2cc(Cl)ccc2Cl)CC1. The first-order valence-corrected chi connectivity index (χ1v) is 11.0. The van der Waals surface area contributed by atoms with Crippen molar-refractivity contribution in [3.63, 3.8) is 0 Å². The van der Waals surface area contributed by atoms with Crippen molar-refractivity contribution < 1.29 is 22.3 Å². The maximum atomic E-state index is 13.3. The Labute approximate surface area is 178 Å². The van der Waals surface area contributed by atoms with Crippen LogP contribution in [0, 0.1) is 5.82 Å². The van der Waals surface area contributed by atoms with Crippen LogP contribution in [0.4, 0.5) is 4.39 Å². The largest absolute Gasteiger partial charge is 0.468 e. The molecule has 0 radical (unpaired) electrons. The van der Waals surface area contributed by atoms with Gasteiger partial charge in [0.15, 0.2) is 0 Å². The van der Waals surface area contributed by atoms with Crippen molar-refractivity contribution in [3.05, 3.63) is 63.9 Å². The van der Waals surface area contributed by atoms with Gasteiger partial charge < -0.3 is 4.74 Å². The van der Waals surface area contributed by atoms with E-state index in [0.717, 1.165) is 0 Å². The molecule has 10 heteroatoms. The van der Waals surface area contributed by atoms with Crippen LogP contribution in [0.1, 0.15) is 11.6 Å². The summed E-state index contributed by atoms with van der Waals surface area (Å²) in [7, 11) is -2.56. The molecule has 0 amide bonds. The van der Waals surface area contributed by atoms with Gasteiger partial charge >= 0.3 is 5.97 Å². The highest BCUT2D eigenvalue weighted by atomic mass is 35.5. The first kappa shape index (κ1) is 22.0. The van der Waals surface area contributed by atoms with Crippen molar-refractivity contribution in [1.29, 1.82) is 0 Å². The Morgan fingerprint density at radius 3 is 2.28 bits per heavy atom. The second-order valence-electron chi connectivity index (χ2n) is 6.49. The molecule has 2 aromatic carbocycles. The van der Waals surface area contributed by atoms with E-state index in [1.165, 1.54) is 53.9 Å². The molecule has 1 atom stereocenters. The van der Waals surface area contributed by atoms with Crippen LogP contribution in [-0.4, -0.2) is 56.9 Å². The van der Waals surface area contributed by atoms with Crippen LogP contribution in [0.3, 0.4) is 0 Å². The Balaban J connectivity index is 1.80. The normalized spacial score (nSPS) is 17.1. The van der Waals surface area contributed by atoms with Gasteiger partial charge in [0.25, 0.3) is 0 Å². The number of nitrogens with zero attached hydrogens (tertiary/aromatic N) is 2. The Morgan fingerprint density at radius 1 is 1.07 bits per heavy atom. The Hall–Kier alpha value is -1.71. The molecule has 3 rings (SSSR count). The van der Waals surface area contributed by atoms with Gasteiger partial charge in [0, 0.05) is 31.2 Å². The van der Waals surface area contributed by atoms with Crippen LogP contribution >= 0.6 is 23.2 Å². The molecule has 156 valence electrons. The molecule has 0 aliphatic carbocycles. The summed E-state index contributed by atoms with van der Waals surface area (Å²) in [6.45, 7) is 0.878. The van der Waals surface area contributed by atoms with Crippen molar-refractivity contribution in [2.45, 2.75) is 10.9 Å². The number of rotatable bonds is 5. The topological polar surface area (TPSA) is 66.9 Å². The highest BCUT2D eigenvalue weighted by Gasteiger charge is 2.35. The molecule has 0 spiro atoms. The van der Waals surface area contributed by atoms with Crippen molar-refractivity contribution in [3.8, 4) is 0 Å². The quantitative estimate of drug-likeness (QED) is 0.639. The molecule has 1 fully saturated rings. The van der Waals surface area contributed by atoms with E-state index in [9.17, 15) is 17.6 Å². The molecule has 1 aliphatic rings. The Morgan fingerprint density at radius 2 is 1.69 bits per heavy atom. The van der Waals surface area contributed by atoms with E-state index in [2.05, 4.69) is 0 Å². The lowest BCUT2D eigenvalue weighted by molar-refractivity contribution is -0.147. The molecule has 0 saturated carbocycles. The van der Waals surface area contributed by atoms with E-state index < -0.39 is 27.9 Å².